The Labute approximate surface area is 162 Å². The van der Waals surface area contributed by atoms with Crippen LogP contribution in [0.3, 0.4) is 0 Å². The molecule has 1 saturated carbocycles. The molecule has 1 aromatic rings. The number of rotatable bonds is 3. The van der Waals surface area contributed by atoms with Crippen molar-refractivity contribution < 1.29 is 28.6 Å². The summed E-state index contributed by atoms with van der Waals surface area (Å²) in [6.07, 6.45) is 3.58. The molecule has 1 spiro atoms. The number of benzene rings is 1. The fourth-order valence-electron chi connectivity index (χ4n) is 4.27. The third-order valence-corrected chi connectivity index (χ3v) is 6.15. The molecule has 150 valence electrons. The van der Waals surface area contributed by atoms with E-state index in [1.165, 1.54) is 17.0 Å². The van der Waals surface area contributed by atoms with Crippen LogP contribution in [0.25, 0.3) is 0 Å². The number of hydrogen-bond donors (Lipinski definition) is 0. The Morgan fingerprint density at radius 1 is 1.11 bits per heavy atom. The third-order valence-electron chi connectivity index (χ3n) is 6.15. The molecule has 0 radical (unpaired) electrons. The summed E-state index contributed by atoms with van der Waals surface area (Å²) in [5.74, 6) is -2.19. The number of carbonyl (C=O) groups excluding carboxylic acids is 3. The van der Waals surface area contributed by atoms with Crippen molar-refractivity contribution in [3.05, 3.63) is 35.6 Å². The molecule has 3 aliphatic rings. The third kappa shape index (κ3) is 3.15. The monoisotopic (exact) mass is 389 g/mol. The van der Waals surface area contributed by atoms with Gasteiger partial charge < -0.3 is 19.5 Å². The minimum Gasteiger partial charge on any atom is -0.548 e. The minimum atomic E-state index is -1.39. The standard InChI is InChI=1S/C20H23FN2O5/c21-15-6-4-14(5-7-15)18(25)23-16(19(26)27)12-28-20(23)8-10-22(11-9-20)17(24)13-2-1-3-13/h4-7,13,16H,1-3,8-12H2,(H,26,27)/p-1/t16-/m0/s1. The molecule has 2 saturated heterocycles. The van der Waals surface area contributed by atoms with E-state index in [1.807, 2.05) is 0 Å². The highest BCUT2D eigenvalue weighted by molar-refractivity contribution is 5.97. The number of ether oxygens (including phenoxy) is 1. The first-order chi connectivity index (χ1) is 13.4. The van der Waals surface area contributed by atoms with Crippen LogP contribution in [0.4, 0.5) is 4.39 Å². The van der Waals surface area contributed by atoms with Crippen LogP contribution in [0.5, 0.6) is 0 Å². The highest BCUT2D eigenvalue weighted by atomic mass is 19.1. The molecule has 8 heteroatoms. The maximum Gasteiger partial charge on any atom is 0.256 e. The maximum atomic E-state index is 13.2. The lowest BCUT2D eigenvalue weighted by Gasteiger charge is -2.46. The molecule has 2 aliphatic heterocycles. The van der Waals surface area contributed by atoms with Gasteiger partial charge in [0.05, 0.1) is 18.6 Å². The van der Waals surface area contributed by atoms with Crippen LogP contribution in [0.15, 0.2) is 24.3 Å². The largest absolute Gasteiger partial charge is 0.548 e. The lowest BCUT2D eigenvalue weighted by molar-refractivity contribution is -0.310. The van der Waals surface area contributed by atoms with Crippen LogP contribution >= 0.6 is 0 Å². The van der Waals surface area contributed by atoms with Gasteiger partial charge in [0.15, 0.2) is 0 Å². The van der Waals surface area contributed by atoms with E-state index >= 15 is 0 Å². The zero-order valence-electron chi connectivity index (χ0n) is 15.4. The summed E-state index contributed by atoms with van der Waals surface area (Å²) in [5.41, 5.74) is -0.905. The second kappa shape index (κ2) is 7.16. The number of amides is 2. The molecule has 0 bridgehead atoms. The molecule has 1 aromatic carbocycles. The predicted octanol–water partition coefficient (Wildman–Crippen LogP) is 0.535. The van der Waals surface area contributed by atoms with E-state index in [0.29, 0.717) is 25.9 Å². The number of aliphatic carboxylic acids is 1. The molecule has 0 unspecified atom stereocenters. The fraction of sp³-hybridized carbons (Fsp3) is 0.550. The van der Waals surface area contributed by atoms with Crippen molar-refractivity contribution in [2.75, 3.05) is 19.7 Å². The zero-order valence-corrected chi connectivity index (χ0v) is 15.4. The van der Waals surface area contributed by atoms with E-state index in [0.717, 1.165) is 31.4 Å². The molecule has 4 rings (SSSR count). The van der Waals surface area contributed by atoms with Crippen LogP contribution in [-0.4, -0.2) is 59.0 Å². The number of carboxylic acids is 1. The zero-order chi connectivity index (χ0) is 19.9. The molecule has 28 heavy (non-hydrogen) atoms. The van der Waals surface area contributed by atoms with Crippen LogP contribution < -0.4 is 5.11 Å². The van der Waals surface area contributed by atoms with Gasteiger partial charge in [0, 0.05) is 37.4 Å². The van der Waals surface area contributed by atoms with Gasteiger partial charge in [0.1, 0.15) is 11.5 Å². The van der Waals surface area contributed by atoms with Crippen molar-refractivity contribution in [2.45, 2.75) is 43.9 Å². The first-order valence-electron chi connectivity index (χ1n) is 9.64. The van der Waals surface area contributed by atoms with Crippen molar-refractivity contribution in [2.24, 2.45) is 5.92 Å². The van der Waals surface area contributed by atoms with Crippen LogP contribution in [0.1, 0.15) is 42.5 Å². The maximum absolute atomic E-state index is 13.2. The van der Waals surface area contributed by atoms with Gasteiger partial charge in [-0.1, -0.05) is 6.42 Å². The minimum absolute atomic E-state index is 0.0893. The average molecular weight is 389 g/mol. The van der Waals surface area contributed by atoms with Crippen LogP contribution in [0.2, 0.25) is 0 Å². The van der Waals surface area contributed by atoms with E-state index in [4.69, 9.17) is 4.74 Å². The van der Waals surface area contributed by atoms with E-state index < -0.39 is 29.5 Å². The highest BCUT2D eigenvalue weighted by Gasteiger charge is 2.52. The van der Waals surface area contributed by atoms with Crippen molar-refractivity contribution in [3.63, 3.8) is 0 Å². The van der Waals surface area contributed by atoms with Gasteiger partial charge in [-0.3, -0.25) is 14.5 Å². The number of likely N-dealkylation sites (tertiary alicyclic amines) is 1. The Kier molecular flexibility index (Phi) is 4.82. The van der Waals surface area contributed by atoms with Crippen molar-refractivity contribution in [1.82, 2.24) is 9.80 Å². The summed E-state index contributed by atoms with van der Waals surface area (Å²) >= 11 is 0. The van der Waals surface area contributed by atoms with Gasteiger partial charge in [-0.15, -0.1) is 0 Å². The summed E-state index contributed by atoms with van der Waals surface area (Å²) in [6, 6.07) is 3.75. The van der Waals surface area contributed by atoms with Gasteiger partial charge in [-0.25, -0.2) is 4.39 Å². The smallest absolute Gasteiger partial charge is 0.256 e. The quantitative estimate of drug-likeness (QED) is 0.753. The predicted molar refractivity (Wildman–Crippen MR) is 93.2 cm³/mol. The second-order valence-corrected chi connectivity index (χ2v) is 7.73. The Hall–Kier alpha value is -2.48. The van der Waals surface area contributed by atoms with Crippen LogP contribution in [-0.2, 0) is 14.3 Å². The molecular formula is C20H22FN2O5-. The normalized spacial score (nSPS) is 24.2. The molecular weight excluding hydrogens is 367 g/mol. The van der Waals surface area contributed by atoms with Gasteiger partial charge in [-0.2, -0.15) is 0 Å². The molecule has 3 fully saturated rings. The molecule has 0 N–H and O–H groups in total. The topological polar surface area (TPSA) is 90.0 Å². The number of carboxylic acid groups (broad SMARTS) is 1. The van der Waals surface area contributed by atoms with E-state index in [9.17, 15) is 23.9 Å². The summed E-state index contributed by atoms with van der Waals surface area (Å²) in [5, 5.41) is 11.6. The number of halogens is 1. The lowest BCUT2D eigenvalue weighted by Crippen LogP contribution is -2.60. The average Bonchev–Trinajstić information content (AvgIpc) is 3.00. The van der Waals surface area contributed by atoms with E-state index in [2.05, 4.69) is 0 Å². The number of hydrogen-bond acceptors (Lipinski definition) is 5. The number of nitrogens with zero attached hydrogens (tertiary/aromatic N) is 2. The molecule has 1 aliphatic carbocycles. The number of carbonyl (C=O) groups is 3. The first-order valence-corrected chi connectivity index (χ1v) is 9.64. The molecule has 1 atom stereocenters. The Bertz CT molecular complexity index is 784. The summed E-state index contributed by atoms with van der Waals surface area (Å²) in [6.45, 7) is 0.649. The number of piperidine rings is 1. The van der Waals surface area contributed by atoms with Gasteiger partial charge in [0.25, 0.3) is 5.91 Å². The lowest BCUT2D eigenvalue weighted by atomic mass is 9.83. The van der Waals surface area contributed by atoms with Gasteiger partial charge >= 0.3 is 0 Å². The molecule has 0 aromatic heterocycles. The van der Waals surface area contributed by atoms with E-state index in [1.54, 1.807) is 4.90 Å². The van der Waals surface area contributed by atoms with Crippen molar-refractivity contribution in [1.29, 1.82) is 0 Å². The Morgan fingerprint density at radius 3 is 2.29 bits per heavy atom. The van der Waals surface area contributed by atoms with E-state index in [-0.39, 0.29) is 24.0 Å². The van der Waals surface area contributed by atoms with Gasteiger partial charge in [-0.05, 0) is 37.1 Å². The van der Waals surface area contributed by atoms with Crippen LogP contribution in [0, 0.1) is 11.7 Å². The van der Waals surface area contributed by atoms with Crippen molar-refractivity contribution >= 4 is 17.8 Å². The summed E-state index contributed by atoms with van der Waals surface area (Å²) in [4.78, 5) is 40.2. The Balaban J connectivity index is 1.55. The highest BCUT2D eigenvalue weighted by Crippen LogP contribution is 2.39. The molecule has 2 amide bonds. The summed E-state index contributed by atoms with van der Waals surface area (Å²) in [7, 11) is 0. The Morgan fingerprint density at radius 2 is 1.75 bits per heavy atom. The summed E-state index contributed by atoms with van der Waals surface area (Å²) < 4.78 is 19.0. The first kappa shape index (κ1) is 18.9. The molecule has 2 heterocycles. The van der Waals surface area contributed by atoms with Crippen molar-refractivity contribution in [3.8, 4) is 0 Å². The SMILES string of the molecule is O=C([O-])[C@@H]1COC2(CCN(C(=O)C3CCC3)CC2)N1C(=O)c1ccc(F)cc1. The van der Waals surface area contributed by atoms with Gasteiger partial charge in [0.2, 0.25) is 5.91 Å². The second-order valence-electron chi connectivity index (χ2n) is 7.73. The fourth-order valence-corrected chi connectivity index (χ4v) is 4.27. The molecule has 7 nitrogen and oxygen atoms in total.